The minimum Gasteiger partial charge on any atom is -0.487 e. The number of nitriles is 1. The second-order valence-electron chi connectivity index (χ2n) is 8.05. The molecule has 1 heterocycles. The average molecular weight is 502 g/mol. The Labute approximate surface area is 213 Å². The first-order chi connectivity index (χ1) is 17.0. The van der Waals surface area contributed by atoms with Crippen LogP contribution < -0.4 is 10.5 Å². The fourth-order valence-corrected chi connectivity index (χ4v) is 5.16. The molecule has 1 aromatic heterocycles. The van der Waals surface area contributed by atoms with Crippen LogP contribution in [0.2, 0.25) is 5.02 Å². The summed E-state index contributed by atoms with van der Waals surface area (Å²) in [7, 11) is 0. The van der Waals surface area contributed by atoms with E-state index in [1.54, 1.807) is 11.8 Å². The van der Waals surface area contributed by atoms with Gasteiger partial charge in [0.2, 0.25) is 5.91 Å². The van der Waals surface area contributed by atoms with E-state index in [1.807, 2.05) is 78.9 Å². The third-order valence-electron chi connectivity index (χ3n) is 5.43. The van der Waals surface area contributed by atoms with E-state index >= 15 is 0 Å². The summed E-state index contributed by atoms with van der Waals surface area (Å²) in [4.78, 5) is 16.0. The molecule has 5 nitrogen and oxygen atoms in total. The summed E-state index contributed by atoms with van der Waals surface area (Å²) in [5.41, 5.74) is 10.1. The lowest BCUT2D eigenvalue weighted by molar-refractivity contribution is -0.117. The Balaban J connectivity index is 1.55. The van der Waals surface area contributed by atoms with Gasteiger partial charge in [-0.05, 0) is 47.0 Å². The van der Waals surface area contributed by atoms with Crippen molar-refractivity contribution in [1.82, 2.24) is 4.98 Å². The molecule has 0 saturated carbocycles. The third kappa shape index (κ3) is 6.75. The number of halogens is 1. The van der Waals surface area contributed by atoms with Gasteiger partial charge in [0.05, 0.1) is 29.0 Å². The fourth-order valence-electron chi connectivity index (χ4n) is 3.76. The predicted molar refractivity (Wildman–Crippen MR) is 141 cm³/mol. The maximum absolute atomic E-state index is 11.3. The Morgan fingerprint density at radius 1 is 1.06 bits per heavy atom. The van der Waals surface area contributed by atoms with E-state index in [4.69, 9.17) is 27.3 Å². The number of amides is 1. The van der Waals surface area contributed by atoms with Crippen molar-refractivity contribution in [3.63, 3.8) is 0 Å². The predicted octanol–water partition coefficient (Wildman–Crippen LogP) is 6.23. The number of hydrogen-bond donors (Lipinski definition) is 1. The van der Waals surface area contributed by atoms with Crippen molar-refractivity contribution in [2.24, 2.45) is 5.73 Å². The molecule has 0 aliphatic carbocycles. The number of pyridine rings is 1. The summed E-state index contributed by atoms with van der Waals surface area (Å²) in [5, 5.41) is 10.7. The van der Waals surface area contributed by atoms with Gasteiger partial charge >= 0.3 is 0 Å². The topological polar surface area (TPSA) is 89.0 Å². The molecule has 1 atom stereocenters. The van der Waals surface area contributed by atoms with Gasteiger partial charge in [-0.1, -0.05) is 60.1 Å². The Kier molecular flexibility index (Phi) is 8.25. The summed E-state index contributed by atoms with van der Waals surface area (Å²) in [6.45, 7) is 0.322. The van der Waals surface area contributed by atoms with E-state index in [9.17, 15) is 4.79 Å². The Hall–Kier alpha value is -3.53. The average Bonchev–Trinajstić information content (AvgIpc) is 2.85. The molecule has 0 aliphatic heterocycles. The highest BCUT2D eigenvalue weighted by atomic mass is 35.5. The maximum Gasteiger partial charge on any atom is 0.218 e. The second kappa shape index (κ2) is 11.7. The first kappa shape index (κ1) is 24.6. The van der Waals surface area contributed by atoms with Gasteiger partial charge in [0.1, 0.15) is 12.4 Å². The molecule has 0 radical (unpaired) electrons. The molecule has 4 rings (SSSR count). The van der Waals surface area contributed by atoms with Gasteiger partial charge < -0.3 is 10.5 Å². The highest BCUT2D eigenvalue weighted by Gasteiger charge is 2.17. The van der Waals surface area contributed by atoms with Crippen LogP contribution in [0, 0.1) is 11.3 Å². The number of nitrogens with zero attached hydrogens (tertiary/aromatic N) is 2. The zero-order valence-corrected chi connectivity index (χ0v) is 20.6. The Morgan fingerprint density at radius 3 is 2.63 bits per heavy atom. The van der Waals surface area contributed by atoms with Crippen LogP contribution in [0.3, 0.4) is 0 Å². The molecule has 1 unspecified atom stereocenters. The van der Waals surface area contributed by atoms with E-state index in [0.29, 0.717) is 30.2 Å². The van der Waals surface area contributed by atoms with Gasteiger partial charge in [-0.15, -0.1) is 11.8 Å². The summed E-state index contributed by atoms with van der Waals surface area (Å²) >= 11 is 7.75. The number of primary amides is 1. The summed E-state index contributed by atoms with van der Waals surface area (Å²) in [6, 6.07) is 27.7. The van der Waals surface area contributed by atoms with E-state index < -0.39 is 0 Å². The van der Waals surface area contributed by atoms with E-state index in [0.717, 1.165) is 39.0 Å². The Bertz CT molecular complexity index is 1390. The van der Waals surface area contributed by atoms with Crippen molar-refractivity contribution in [3.05, 3.63) is 106 Å². The van der Waals surface area contributed by atoms with Crippen LogP contribution in [0.15, 0.2) is 78.9 Å². The first-order valence-electron chi connectivity index (χ1n) is 11.2. The number of thioether (sulfide) groups is 1. The normalized spacial score (nSPS) is 11.7. The van der Waals surface area contributed by atoms with Crippen LogP contribution in [0.25, 0.3) is 10.9 Å². The monoisotopic (exact) mass is 501 g/mol. The minimum atomic E-state index is -0.323. The molecule has 0 spiro atoms. The number of carbonyl (C=O) groups excluding carboxylic acids is 1. The lowest BCUT2D eigenvalue weighted by atomic mass is 10.0. The molecule has 35 heavy (non-hydrogen) atoms. The van der Waals surface area contributed by atoms with Crippen LogP contribution >= 0.6 is 23.4 Å². The smallest absolute Gasteiger partial charge is 0.218 e. The Morgan fingerprint density at radius 2 is 1.83 bits per heavy atom. The van der Waals surface area contributed by atoms with Gasteiger partial charge in [0.15, 0.2) is 0 Å². The molecule has 7 heteroatoms. The number of fused-ring (bicyclic) bond motifs is 1. The van der Waals surface area contributed by atoms with Crippen molar-refractivity contribution in [2.45, 2.75) is 24.7 Å². The first-order valence-corrected chi connectivity index (χ1v) is 12.6. The zero-order valence-electron chi connectivity index (χ0n) is 19.0. The van der Waals surface area contributed by atoms with E-state index in [-0.39, 0.29) is 11.2 Å². The number of carbonyl (C=O) groups is 1. The summed E-state index contributed by atoms with van der Waals surface area (Å²) in [6.07, 6.45) is 0.645. The third-order valence-corrected chi connectivity index (χ3v) is 6.98. The van der Waals surface area contributed by atoms with Gasteiger partial charge in [-0.2, -0.15) is 5.26 Å². The standard InChI is InChI=1S/C28H24ClN3O2S/c29-23-9-7-20-8-10-24(32-26(20)17-23)18-34-25-6-2-5-22(16-25)28(35-14-12-27(31)33)21-4-1-3-19(15-21)11-13-30/h1-10,15-17,28H,11-12,14,18H2,(H2,31,33). The van der Waals surface area contributed by atoms with Crippen LogP contribution in [-0.2, 0) is 17.8 Å². The molecular formula is C28H24ClN3O2S. The van der Waals surface area contributed by atoms with Crippen molar-refractivity contribution < 1.29 is 9.53 Å². The molecule has 0 bridgehead atoms. The van der Waals surface area contributed by atoms with Crippen molar-refractivity contribution >= 4 is 40.2 Å². The number of rotatable bonds is 10. The van der Waals surface area contributed by atoms with Crippen molar-refractivity contribution in [1.29, 1.82) is 5.26 Å². The molecular weight excluding hydrogens is 478 g/mol. The van der Waals surface area contributed by atoms with Crippen molar-refractivity contribution in [3.8, 4) is 11.8 Å². The highest BCUT2D eigenvalue weighted by molar-refractivity contribution is 7.99. The van der Waals surface area contributed by atoms with Gasteiger partial charge in [0.25, 0.3) is 0 Å². The molecule has 3 aromatic carbocycles. The van der Waals surface area contributed by atoms with Crippen molar-refractivity contribution in [2.75, 3.05) is 5.75 Å². The van der Waals surface area contributed by atoms with Gasteiger partial charge in [-0.25, -0.2) is 4.98 Å². The molecule has 0 fully saturated rings. The number of ether oxygens (including phenoxy) is 1. The number of nitrogens with two attached hydrogens (primary N) is 1. The largest absolute Gasteiger partial charge is 0.487 e. The van der Waals surface area contributed by atoms with Gasteiger partial charge in [-0.3, -0.25) is 4.79 Å². The number of aromatic nitrogens is 1. The van der Waals surface area contributed by atoms with Crippen LogP contribution in [0.1, 0.15) is 34.1 Å². The molecule has 2 N–H and O–H groups in total. The van der Waals surface area contributed by atoms with E-state index in [2.05, 4.69) is 11.1 Å². The lowest BCUT2D eigenvalue weighted by Gasteiger charge is -2.19. The van der Waals surface area contributed by atoms with E-state index in [1.165, 1.54) is 0 Å². The van der Waals surface area contributed by atoms with Gasteiger partial charge in [0, 0.05) is 22.6 Å². The summed E-state index contributed by atoms with van der Waals surface area (Å²) < 4.78 is 6.08. The summed E-state index contributed by atoms with van der Waals surface area (Å²) in [5.74, 6) is 0.997. The highest BCUT2D eigenvalue weighted by Crippen LogP contribution is 2.37. The molecule has 176 valence electrons. The lowest BCUT2D eigenvalue weighted by Crippen LogP contribution is -2.11. The molecule has 0 aliphatic rings. The van der Waals surface area contributed by atoms with Crippen LogP contribution in [0.4, 0.5) is 0 Å². The molecule has 4 aromatic rings. The fraction of sp³-hybridized carbons (Fsp3) is 0.179. The number of hydrogen-bond acceptors (Lipinski definition) is 5. The zero-order chi connectivity index (χ0) is 24.6. The molecule has 0 saturated heterocycles. The quantitative estimate of drug-likeness (QED) is 0.278. The van der Waals surface area contributed by atoms with Crippen LogP contribution in [-0.4, -0.2) is 16.6 Å². The minimum absolute atomic E-state index is 0.0301. The van der Waals surface area contributed by atoms with Crippen LogP contribution in [0.5, 0.6) is 5.75 Å². The maximum atomic E-state index is 11.3. The molecule has 1 amide bonds. The SMILES string of the molecule is N#CCc1cccc(C(SCCC(N)=O)c2cccc(OCc3ccc4ccc(Cl)cc4n3)c2)c1. The number of benzene rings is 3. The second-order valence-corrected chi connectivity index (χ2v) is 9.70.